The summed E-state index contributed by atoms with van der Waals surface area (Å²) in [6.07, 6.45) is 5.65. The summed E-state index contributed by atoms with van der Waals surface area (Å²) in [5.74, 6) is 0.529. The number of aromatic nitrogens is 3. The molecule has 0 unspecified atom stereocenters. The fraction of sp³-hybridized carbons (Fsp3) is 0.500. The monoisotopic (exact) mass is 372 g/mol. The maximum absolute atomic E-state index is 10.8. The maximum atomic E-state index is 10.8. The highest BCUT2D eigenvalue weighted by Crippen LogP contribution is 2.07. The highest BCUT2D eigenvalue weighted by atomic mass is 32.2. The quantitative estimate of drug-likeness (QED) is 0.347. The normalized spacial score (nSPS) is 13.3. The van der Waals surface area contributed by atoms with Gasteiger partial charge in [-0.15, -0.1) is 21.5 Å². The summed E-state index contributed by atoms with van der Waals surface area (Å²) in [5.41, 5.74) is 1.16. The number of rotatable bonds is 6. The van der Waals surface area contributed by atoms with Crippen molar-refractivity contribution in [3.8, 4) is 0 Å². The fourth-order valence-electron chi connectivity index (χ4n) is 2.18. The lowest BCUT2D eigenvalue weighted by Gasteiger charge is -1.98. The molecule has 10 heteroatoms. The van der Waals surface area contributed by atoms with Crippen LogP contribution < -0.4 is 9.37 Å². The van der Waals surface area contributed by atoms with Gasteiger partial charge in [-0.25, -0.2) is 9.13 Å². The van der Waals surface area contributed by atoms with E-state index in [2.05, 4.69) is 10.2 Å². The van der Waals surface area contributed by atoms with Crippen LogP contribution in [0, 0.1) is 13.8 Å². The summed E-state index contributed by atoms with van der Waals surface area (Å²) >= 11 is 1.58. The van der Waals surface area contributed by atoms with E-state index < -0.39 is 10.1 Å². The molecule has 0 aliphatic carbocycles. The summed E-state index contributed by atoms with van der Waals surface area (Å²) in [5, 5.41) is 8.41. The van der Waals surface area contributed by atoms with Crippen LogP contribution in [-0.4, -0.2) is 34.1 Å². The Hall–Kier alpha value is -1.78. The van der Waals surface area contributed by atoms with E-state index in [0.717, 1.165) is 16.3 Å². The van der Waals surface area contributed by atoms with Crippen molar-refractivity contribution >= 4 is 27.7 Å². The number of imidazole rings is 1. The first-order valence-electron chi connectivity index (χ1n) is 7.39. The lowest BCUT2D eigenvalue weighted by atomic mass is 10.4. The van der Waals surface area contributed by atoms with Crippen molar-refractivity contribution in [3.05, 3.63) is 33.6 Å². The number of hydrogen-bond donors (Lipinski definition) is 1. The lowest BCUT2D eigenvalue weighted by molar-refractivity contribution is -0.671. The predicted molar refractivity (Wildman–Crippen MR) is 92.6 cm³/mol. The Morgan fingerprint density at radius 1 is 1.42 bits per heavy atom. The molecule has 0 aromatic carbocycles. The first kappa shape index (κ1) is 18.6. The van der Waals surface area contributed by atoms with Gasteiger partial charge in [0.05, 0.1) is 19.3 Å². The zero-order chi connectivity index (χ0) is 17.9. The first-order chi connectivity index (χ1) is 11.2. The number of thiazole rings is 1. The van der Waals surface area contributed by atoms with E-state index in [4.69, 9.17) is 4.55 Å². The molecule has 2 heterocycles. The van der Waals surface area contributed by atoms with E-state index in [-0.39, 0.29) is 5.75 Å². The topological polar surface area (TPSA) is 92.8 Å². The van der Waals surface area contributed by atoms with Gasteiger partial charge in [-0.1, -0.05) is 0 Å². The molecule has 0 atom stereocenters. The minimum Gasteiger partial charge on any atom is -0.322 e. The SMILES string of the molecule is Cc1sc(=NN=Cc2n(CCCS(=O)(=O)O)cc[n+]2C)n(C)c1C. The van der Waals surface area contributed by atoms with Crippen LogP contribution in [0.25, 0.3) is 0 Å². The minimum absolute atomic E-state index is 0.264. The van der Waals surface area contributed by atoms with Crippen LogP contribution >= 0.6 is 11.3 Å². The van der Waals surface area contributed by atoms with Crippen molar-refractivity contribution in [2.24, 2.45) is 24.3 Å². The summed E-state index contributed by atoms with van der Waals surface area (Å²) in [7, 11) is -0.109. The van der Waals surface area contributed by atoms with Gasteiger partial charge in [-0.05, 0) is 13.8 Å². The zero-order valence-corrected chi connectivity index (χ0v) is 15.8. The van der Waals surface area contributed by atoms with Crippen LogP contribution in [-0.2, 0) is 30.8 Å². The van der Waals surface area contributed by atoms with Crippen molar-refractivity contribution in [1.29, 1.82) is 0 Å². The molecule has 0 fully saturated rings. The number of hydrogen-bond acceptors (Lipinski definition) is 5. The molecule has 0 aliphatic rings. The van der Waals surface area contributed by atoms with Gasteiger partial charge in [0.2, 0.25) is 4.80 Å². The van der Waals surface area contributed by atoms with E-state index in [0.29, 0.717) is 13.0 Å². The zero-order valence-electron chi connectivity index (χ0n) is 14.2. The number of nitrogens with zero attached hydrogens (tertiary/aromatic N) is 5. The van der Waals surface area contributed by atoms with Crippen LogP contribution in [0.3, 0.4) is 0 Å². The average Bonchev–Trinajstić information content (AvgIpc) is 2.94. The van der Waals surface area contributed by atoms with E-state index in [1.165, 1.54) is 4.88 Å². The Morgan fingerprint density at radius 3 is 2.71 bits per heavy atom. The second-order valence-electron chi connectivity index (χ2n) is 5.53. The first-order valence-corrected chi connectivity index (χ1v) is 9.81. The third-order valence-corrected chi connectivity index (χ3v) is 5.73. The smallest absolute Gasteiger partial charge is 0.301 e. The molecular weight excluding hydrogens is 350 g/mol. The van der Waals surface area contributed by atoms with Crippen molar-refractivity contribution in [3.63, 3.8) is 0 Å². The molecule has 2 aromatic heterocycles. The maximum Gasteiger partial charge on any atom is 0.301 e. The molecule has 1 N–H and O–H groups in total. The second-order valence-corrected chi connectivity index (χ2v) is 8.28. The largest absolute Gasteiger partial charge is 0.322 e. The molecule has 0 radical (unpaired) electrons. The highest BCUT2D eigenvalue weighted by molar-refractivity contribution is 7.85. The Morgan fingerprint density at radius 2 is 2.12 bits per heavy atom. The van der Waals surface area contributed by atoms with Crippen molar-refractivity contribution in [1.82, 2.24) is 9.13 Å². The molecule has 8 nitrogen and oxygen atoms in total. The van der Waals surface area contributed by atoms with E-state index in [1.54, 1.807) is 17.6 Å². The van der Waals surface area contributed by atoms with Gasteiger partial charge in [-0.3, -0.25) is 4.55 Å². The molecule has 2 rings (SSSR count). The Labute approximate surface area is 145 Å². The van der Waals surface area contributed by atoms with Crippen LogP contribution in [0.15, 0.2) is 22.6 Å². The molecule has 2 aromatic rings. The lowest BCUT2D eigenvalue weighted by Crippen LogP contribution is -2.32. The van der Waals surface area contributed by atoms with E-state index >= 15 is 0 Å². The molecule has 132 valence electrons. The van der Waals surface area contributed by atoms with Gasteiger partial charge in [0.15, 0.2) is 0 Å². The van der Waals surface area contributed by atoms with E-state index in [9.17, 15) is 8.42 Å². The van der Waals surface area contributed by atoms with Crippen LogP contribution in [0.1, 0.15) is 22.8 Å². The van der Waals surface area contributed by atoms with Crippen LogP contribution in [0.5, 0.6) is 0 Å². The standard InChI is InChI=1S/C14H21N5O3S2/c1-11-12(2)23-14(18(11)4)16-15-10-13-17(3)7-8-19(13)6-5-9-24(20,21)22/h7-8,10H,5-6,9H2,1-4H3/p+1. The van der Waals surface area contributed by atoms with Gasteiger partial charge < -0.3 is 4.57 Å². The third-order valence-electron chi connectivity index (χ3n) is 3.79. The summed E-state index contributed by atoms with van der Waals surface area (Å²) in [4.78, 5) is 2.01. The van der Waals surface area contributed by atoms with Crippen LogP contribution in [0.4, 0.5) is 0 Å². The second kappa shape index (κ2) is 7.41. The molecule has 0 saturated carbocycles. The molecule has 0 amide bonds. The molecule has 24 heavy (non-hydrogen) atoms. The van der Waals surface area contributed by atoms with Crippen LogP contribution in [0.2, 0.25) is 0 Å². The predicted octanol–water partition coefficient (Wildman–Crippen LogP) is 0.542. The summed E-state index contributed by atoms with van der Waals surface area (Å²) in [6, 6.07) is 0. The van der Waals surface area contributed by atoms with Gasteiger partial charge >= 0.3 is 5.82 Å². The Kier molecular flexibility index (Phi) is 5.73. The van der Waals surface area contributed by atoms with Crippen molar-refractivity contribution in [2.45, 2.75) is 26.8 Å². The Balaban J connectivity index is 2.17. The molecule has 0 bridgehead atoms. The summed E-state index contributed by atoms with van der Waals surface area (Å²) in [6.45, 7) is 4.55. The molecule has 0 saturated heterocycles. The Bertz CT molecular complexity index is 919. The fourth-order valence-corrected chi connectivity index (χ4v) is 3.60. The molecule has 0 aliphatic heterocycles. The average molecular weight is 372 g/mol. The van der Waals surface area contributed by atoms with Gasteiger partial charge in [0.1, 0.15) is 18.6 Å². The highest BCUT2D eigenvalue weighted by Gasteiger charge is 2.13. The molecular formula is C14H22N5O3S2+. The minimum atomic E-state index is -3.93. The molecule has 0 spiro atoms. The summed E-state index contributed by atoms with van der Waals surface area (Å²) < 4.78 is 36.1. The van der Waals surface area contributed by atoms with Crippen molar-refractivity contribution < 1.29 is 17.5 Å². The van der Waals surface area contributed by atoms with Gasteiger partial charge in [-0.2, -0.15) is 8.42 Å². The van der Waals surface area contributed by atoms with Gasteiger partial charge in [0, 0.05) is 24.0 Å². The van der Waals surface area contributed by atoms with E-state index in [1.807, 2.05) is 54.0 Å². The number of aryl methyl sites for hydroxylation is 3. The van der Waals surface area contributed by atoms with Crippen molar-refractivity contribution in [2.75, 3.05) is 5.75 Å². The van der Waals surface area contributed by atoms with Gasteiger partial charge in [0.25, 0.3) is 10.1 Å². The third kappa shape index (κ3) is 4.62.